The van der Waals surface area contributed by atoms with E-state index in [9.17, 15) is 5.11 Å². The minimum Gasteiger partial charge on any atom is -0.388 e. The molecule has 1 aromatic carbocycles. The Bertz CT molecular complexity index is 487. The van der Waals surface area contributed by atoms with E-state index >= 15 is 0 Å². The molecule has 2 N–H and O–H groups in total. The van der Waals surface area contributed by atoms with Crippen LogP contribution in [0.25, 0.3) is 0 Å². The zero-order valence-corrected chi connectivity index (χ0v) is 11.9. The highest BCUT2D eigenvalue weighted by Gasteiger charge is 2.31. The number of hydrogen-bond donors (Lipinski definition) is 2. The summed E-state index contributed by atoms with van der Waals surface area (Å²) >= 11 is 5.98. The van der Waals surface area contributed by atoms with Gasteiger partial charge in [0.1, 0.15) is 6.07 Å². The lowest BCUT2D eigenvalue weighted by Crippen LogP contribution is -2.40. The molecule has 2 rings (SSSR count). The molecule has 0 spiro atoms. The summed E-state index contributed by atoms with van der Waals surface area (Å²) in [5.41, 5.74) is 0.473. The van der Waals surface area contributed by atoms with Crippen LogP contribution in [-0.2, 0) is 0 Å². The highest BCUT2D eigenvalue weighted by molar-refractivity contribution is 6.32. The molecule has 0 saturated heterocycles. The fourth-order valence-electron chi connectivity index (χ4n) is 2.52. The SMILES string of the molecule is CC1CCC(O)(CNc2cccc(Cl)c2C#N)CC1. The molecule has 0 amide bonds. The molecule has 1 aliphatic rings. The lowest BCUT2D eigenvalue weighted by Gasteiger charge is -2.35. The summed E-state index contributed by atoms with van der Waals surface area (Å²) in [6, 6.07) is 7.41. The molecule has 1 aliphatic carbocycles. The Labute approximate surface area is 119 Å². The van der Waals surface area contributed by atoms with E-state index in [2.05, 4.69) is 18.3 Å². The van der Waals surface area contributed by atoms with Crippen LogP contribution in [0.15, 0.2) is 18.2 Å². The van der Waals surface area contributed by atoms with Gasteiger partial charge >= 0.3 is 0 Å². The average molecular weight is 279 g/mol. The zero-order chi connectivity index (χ0) is 13.9. The van der Waals surface area contributed by atoms with Crippen molar-refractivity contribution in [3.05, 3.63) is 28.8 Å². The molecule has 0 aliphatic heterocycles. The lowest BCUT2D eigenvalue weighted by molar-refractivity contribution is 0.00501. The highest BCUT2D eigenvalue weighted by atomic mass is 35.5. The highest BCUT2D eigenvalue weighted by Crippen LogP contribution is 2.32. The zero-order valence-electron chi connectivity index (χ0n) is 11.1. The minimum atomic E-state index is -0.665. The van der Waals surface area contributed by atoms with Gasteiger partial charge in [-0.15, -0.1) is 0 Å². The van der Waals surface area contributed by atoms with Gasteiger partial charge in [0.2, 0.25) is 0 Å². The molecule has 0 unspecified atom stereocenters. The Morgan fingerprint density at radius 1 is 1.47 bits per heavy atom. The van der Waals surface area contributed by atoms with Crippen molar-refractivity contribution in [1.82, 2.24) is 0 Å². The molecule has 3 nitrogen and oxygen atoms in total. The molecule has 0 radical (unpaired) electrons. The third-order valence-corrected chi connectivity index (χ3v) is 4.25. The molecule has 1 aromatic rings. The molecule has 0 bridgehead atoms. The molecule has 102 valence electrons. The van der Waals surface area contributed by atoms with E-state index < -0.39 is 5.60 Å². The summed E-state index contributed by atoms with van der Waals surface area (Å²) in [7, 11) is 0. The predicted molar refractivity (Wildman–Crippen MR) is 77.2 cm³/mol. The Hall–Kier alpha value is -1.24. The van der Waals surface area contributed by atoms with E-state index in [0.717, 1.165) is 25.7 Å². The largest absolute Gasteiger partial charge is 0.388 e. The maximum absolute atomic E-state index is 10.5. The predicted octanol–water partition coefficient (Wildman–Crippen LogP) is 3.56. The topological polar surface area (TPSA) is 56.0 Å². The summed E-state index contributed by atoms with van der Waals surface area (Å²) in [6.07, 6.45) is 3.73. The first-order chi connectivity index (χ1) is 9.04. The molecule has 0 heterocycles. The number of aliphatic hydroxyl groups is 1. The standard InChI is InChI=1S/C15H19ClN2O/c1-11-5-7-15(19,8-6-11)10-18-14-4-2-3-13(16)12(14)9-17/h2-4,11,18-19H,5-8,10H2,1H3. The Morgan fingerprint density at radius 2 is 2.16 bits per heavy atom. The summed E-state index contributed by atoms with van der Waals surface area (Å²) in [6.45, 7) is 2.69. The quantitative estimate of drug-likeness (QED) is 0.889. The van der Waals surface area contributed by atoms with E-state index in [0.29, 0.717) is 28.7 Å². The van der Waals surface area contributed by atoms with Crippen molar-refractivity contribution in [2.45, 2.75) is 38.2 Å². The molecular formula is C15H19ClN2O. The number of hydrogen-bond acceptors (Lipinski definition) is 3. The fourth-order valence-corrected chi connectivity index (χ4v) is 2.74. The van der Waals surface area contributed by atoms with Crippen molar-refractivity contribution in [3.8, 4) is 6.07 Å². The van der Waals surface area contributed by atoms with Gasteiger partial charge in [-0.1, -0.05) is 24.6 Å². The smallest absolute Gasteiger partial charge is 0.103 e. The monoisotopic (exact) mass is 278 g/mol. The third kappa shape index (κ3) is 3.40. The van der Waals surface area contributed by atoms with Crippen LogP contribution < -0.4 is 5.32 Å². The van der Waals surface area contributed by atoms with Gasteiger partial charge in [0.15, 0.2) is 0 Å². The Balaban J connectivity index is 2.03. The molecule has 0 atom stereocenters. The van der Waals surface area contributed by atoms with Gasteiger partial charge in [-0.05, 0) is 43.7 Å². The van der Waals surface area contributed by atoms with Gasteiger partial charge in [0.25, 0.3) is 0 Å². The number of benzene rings is 1. The van der Waals surface area contributed by atoms with Crippen molar-refractivity contribution in [1.29, 1.82) is 5.26 Å². The lowest BCUT2D eigenvalue weighted by atomic mass is 9.79. The average Bonchev–Trinajstić information content (AvgIpc) is 2.40. The van der Waals surface area contributed by atoms with Crippen molar-refractivity contribution in [3.63, 3.8) is 0 Å². The summed E-state index contributed by atoms with van der Waals surface area (Å²) in [5, 5.41) is 23.2. The Morgan fingerprint density at radius 3 is 2.79 bits per heavy atom. The van der Waals surface area contributed by atoms with Crippen LogP contribution in [0.2, 0.25) is 5.02 Å². The molecule has 0 aromatic heterocycles. The molecule has 1 fully saturated rings. The van der Waals surface area contributed by atoms with Crippen LogP contribution in [-0.4, -0.2) is 17.3 Å². The summed E-state index contributed by atoms with van der Waals surface area (Å²) < 4.78 is 0. The van der Waals surface area contributed by atoms with Crippen molar-refractivity contribution < 1.29 is 5.11 Å². The normalized spacial score (nSPS) is 26.7. The number of rotatable bonds is 3. The number of halogens is 1. The maximum atomic E-state index is 10.5. The van der Waals surface area contributed by atoms with E-state index in [1.54, 1.807) is 12.1 Å². The first kappa shape index (κ1) is 14.2. The summed E-state index contributed by atoms with van der Waals surface area (Å²) in [5.74, 6) is 0.695. The first-order valence-corrected chi connectivity index (χ1v) is 7.07. The van der Waals surface area contributed by atoms with E-state index in [4.69, 9.17) is 16.9 Å². The van der Waals surface area contributed by atoms with Crippen LogP contribution in [0.3, 0.4) is 0 Å². The van der Waals surface area contributed by atoms with Gasteiger partial charge < -0.3 is 10.4 Å². The van der Waals surface area contributed by atoms with Crippen LogP contribution in [0.5, 0.6) is 0 Å². The first-order valence-electron chi connectivity index (χ1n) is 6.69. The van der Waals surface area contributed by atoms with Crippen molar-refractivity contribution in [2.24, 2.45) is 5.92 Å². The van der Waals surface area contributed by atoms with Crippen LogP contribution in [0, 0.1) is 17.2 Å². The van der Waals surface area contributed by atoms with Crippen LogP contribution in [0.1, 0.15) is 38.2 Å². The van der Waals surface area contributed by atoms with Gasteiger partial charge in [-0.25, -0.2) is 0 Å². The Kier molecular flexibility index (Phi) is 4.34. The molecule has 1 saturated carbocycles. The van der Waals surface area contributed by atoms with E-state index in [-0.39, 0.29) is 0 Å². The second kappa shape index (κ2) is 5.81. The van der Waals surface area contributed by atoms with Gasteiger partial charge in [0, 0.05) is 6.54 Å². The number of nitrogens with zero attached hydrogens (tertiary/aromatic N) is 1. The van der Waals surface area contributed by atoms with Crippen molar-refractivity contribution >= 4 is 17.3 Å². The minimum absolute atomic E-state index is 0.441. The third-order valence-electron chi connectivity index (χ3n) is 3.94. The van der Waals surface area contributed by atoms with Gasteiger partial charge in [-0.3, -0.25) is 0 Å². The molecule has 4 heteroatoms. The fraction of sp³-hybridized carbons (Fsp3) is 0.533. The molecule has 19 heavy (non-hydrogen) atoms. The van der Waals surface area contributed by atoms with Gasteiger partial charge in [0.05, 0.1) is 21.9 Å². The number of nitrogens with one attached hydrogen (secondary N) is 1. The van der Waals surface area contributed by atoms with Crippen molar-refractivity contribution in [2.75, 3.05) is 11.9 Å². The van der Waals surface area contributed by atoms with Gasteiger partial charge in [-0.2, -0.15) is 5.26 Å². The number of nitriles is 1. The maximum Gasteiger partial charge on any atom is 0.103 e. The second-order valence-corrected chi connectivity index (χ2v) is 5.94. The van der Waals surface area contributed by atoms with E-state index in [1.165, 1.54) is 0 Å². The van der Waals surface area contributed by atoms with Crippen LogP contribution in [0.4, 0.5) is 5.69 Å². The van der Waals surface area contributed by atoms with Crippen LogP contribution >= 0.6 is 11.6 Å². The number of anilines is 1. The summed E-state index contributed by atoms with van der Waals surface area (Å²) in [4.78, 5) is 0. The van der Waals surface area contributed by atoms with E-state index in [1.807, 2.05) is 6.07 Å². The molecular weight excluding hydrogens is 260 g/mol. The second-order valence-electron chi connectivity index (χ2n) is 5.53.